The van der Waals surface area contributed by atoms with E-state index in [1.165, 1.54) is 18.9 Å². The summed E-state index contributed by atoms with van der Waals surface area (Å²) in [6.07, 6.45) is 2.97. The number of benzene rings is 4. The predicted molar refractivity (Wildman–Crippen MR) is 186 cm³/mol. The summed E-state index contributed by atoms with van der Waals surface area (Å²) in [7, 11) is 3.07. The molecule has 0 saturated carbocycles. The molecule has 4 aromatic rings. The molecule has 4 rings (SSSR count). The smallest absolute Gasteiger partial charge is 0.272 e. The van der Waals surface area contributed by atoms with Crippen LogP contribution in [-0.4, -0.2) is 37.2 Å². The number of para-hydroxylation sites is 1. The molecule has 3 N–H and O–H groups in total. The molecule has 0 fully saturated rings. The Morgan fingerprint density at radius 2 is 1.61 bits per heavy atom. The van der Waals surface area contributed by atoms with E-state index in [9.17, 15) is 14.4 Å². The molecule has 0 radical (unpaired) electrons. The monoisotopic (exact) mass is 637 g/mol. The summed E-state index contributed by atoms with van der Waals surface area (Å²) in [4.78, 5) is 41.0. The van der Waals surface area contributed by atoms with Gasteiger partial charge in [-0.25, -0.2) is 0 Å². The molecule has 0 spiro atoms. The summed E-state index contributed by atoms with van der Waals surface area (Å²) in [6, 6.07) is 27.1. The van der Waals surface area contributed by atoms with E-state index < -0.39 is 11.8 Å². The van der Waals surface area contributed by atoms with Gasteiger partial charge in [0.2, 0.25) is 5.91 Å². The molecule has 4 aromatic carbocycles. The van der Waals surface area contributed by atoms with Gasteiger partial charge in [-0.2, -0.15) is 0 Å². The Bertz CT molecular complexity index is 1720. The van der Waals surface area contributed by atoms with Crippen LogP contribution < -0.4 is 25.4 Å². The van der Waals surface area contributed by atoms with Gasteiger partial charge in [0.15, 0.2) is 0 Å². The number of carbonyl (C=O) groups is 3. The molecule has 0 saturated heterocycles. The summed E-state index contributed by atoms with van der Waals surface area (Å²) in [5.41, 5.74) is 4.43. The number of nitrogens with one attached hydrogen (secondary N) is 3. The number of thioether (sulfide) groups is 1. The number of hydrogen-bond donors (Lipinski definition) is 3. The van der Waals surface area contributed by atoms with Crippen LogP contribution in [0.3, 0.4) is 0 Å². The van der Waals surface area contributed by atoms with Crippen LogP contribution in [0.5, 0.6) is 11.5 Å². The van der Waals surface area contributed by atoms with E-state index >= 15 is 0 Å². The van der Waals surface area contributed by atoms with Gasteiger partial charge in [-0.05, 0) is 85.5 Å². The van der Waals surface area contributed by atoms with Gasteiger partial charge in [0, 0.05) is 27.4 Å². The van der Waals surface area contributed by atoms with Crippen molar-refractivity contribution in [3.05, 3.63) is 119 Å². The highest BCUT2D eigenvalue weighted by Crippen LogP contribution is 2.31. The number of anilines is 2. The molecule has 0 bridgehead atoms. The molecule has 0 heterocycles. The highest BCUT2D eigenvalue weighted by Gasteiger charge is 2.21. The largest absolute Gasteiger partial charge is 0.497 e. The standard InChI is InChI=1S/C37H39N3O5S/c1-6-25-16-11-13-24(3)34(25)40-37(43)33(7-2)46-30-18-12-17-28(23-30)38-36(42)31(39-35(41)26-14-9-8-10-15-26)22-27-21-29(44-4)19-20-32(27)45-5/h8-23,33H,6-7H2,1-5H3,(H,38,42)(H,39,41)(H,40,43)/b31-22+. The Morgan fingerprint density at radius 1 is 0.848 bits per heavy atom. The molecule has 3 amide bonds. The van der Waals surface area contributed by atoms with Crippen LogP contribution in [0, 0.1) is 6.92 Å². The second-order valence-electron chi connectivity index (χ2n) is 10.4. The van der Waals surface area contributed by atoms with Gasteiger partial charge >= 0.3 is 0 Å². The summed E-state index contributed by atoms with van der Waals surface area (Å²) < 4.78 is 10.9. The van der Waals surface area contributed by atoms with E-state index in [-0.39, 0.29) is 16.9 Å². The minimum absolute atomic E-state index is 0.00855. The maximum Gasteiger partial charge on any atom is 0.272 e. The number of aryl methyl sites for hydroxylation is 2. The molecule has 238 valence electrons. The van der Waals surface area contributed by atoms with Gasteiger partial charge in [0.05, 0.1) is 19.5 Å². The fraction of sp³-hybridized carbons (Fsp3) is 0.216. The average Bonchev–Trinajstić information content (AvgIpc) is 3.08. The lowest BCUT2D eigenvalue weighted by Gasteiger charge is -2.18. The van der Waals surface area contributed by atoms with E-state index in [2.05, 4.69) is 22.9 Å². The third kappa shape index (κ3) is 8.79. The van der Waals surface area contributed by atoms with Crippen molar-refractivity contribution in [1.29, 1.82) is 0 Å². The first-order valence-electron chi connectivity index (χ1n) is 15.0. The number of rotatable bonds is 13. The van der Waals surface area contributed by atoms with Crippen molar-refractivity contribution < 1.29 is 23.9 Å². The van der Waals surface area contributed by atoms with Crippen LogP contribution in [0.15, 0.2) is 102 Å². The molecule has 1 unspecified atom stereocenters. The topological polar surface area (TPSA) is 106 Å². The van der Waals surface area contributed by atoms with Gasteiger partial charge < -0.3 is 25.4 Å². The first kappa shape index (κ1) is 33.9. The summed E-state index contributed by atoms with van der Waals surface area (Å²) >= 11 is 1.43. The van der Waals surface area contributed by atoms with E-state index in [0.29, 0.717) is 34.7 Å². The van der Waals surface area contributed by atoms with Crippen molar-refractivity contribution >= 4 is 46.9 Å². The van der Waals surface area contributed by atoms with E-state index in [4.69, 9.17) is 9.47 Å². The molecule has 9 heteroatoms. The normalized spacial score (nSPS) is 11.7. The molecule has 0 aliphatic heterocycles. The van der Waals surface area contributed by atoms with E-state index in [1.807, 2.05) is 56.3 Å². The number of carbonyl (C=O) groups excluding carboxylic acids is 3. The van der Waals surface area contributed by atoms with Gasteiger partial charge in [0.1, 0.15) is 17.2 Å². The molecule has 0 aliphatic carbocycles. The lowest BCUT2D eigenvalue weighted by Crippen LogP contribution is -2.30. The lowest BCUT2D eigenvalue weighted by molar-refractivity contribution is -0.116. The summed E-state index contributed by atoms with van der Waals surface area (Å²) in [5.74, 6) is 0.0116. The van der Waals surface area contributed by atoms with Crippen LogP contribution in [0.4, 0.5) is 11.4 Å². The summed E-state index contributed by atoms with van der Waals surface area (Å²) in [6.45, 7) is 6.03. The molecule has 46 heavy (non-hydrogen) atoms. The Kier molecular flexibility index (Phi) is 12.0. The SMILES string of the molecule is CCc1cccc(C)c1NC(=O)C(CC)Sc1cccc(NC(=O)/C(=C\c2cc(OC)ccc2OC)NC(=O)c2ccccc2)c1. The highest BCUT2D eigenvalue weighted by atomic mass is 32.2. The molecule has 0 aromatic heterocycles. The quantitative estimate of drug-likeness (QED) is 0.104. The van der Waals surface area contributed by atoms with Crippen LogP contribution >= 0.6 is 11.8 Å². The number of hydrogen-bond acceptors (Lipinski definition) is 6. The summed E-state index contributed by atoms with van der Waals surface area (Å²) in [5, 5.41) is 8.44. The second-order valence-corrected chi connectivity index (χ2v) is 11.7. The van der Waals surface area contributed by atoms with Gasteiger partial charge in [-0.1, -0.05) is 56.3 Å². The number of methoxy groups -OCH3 is 2. The lowest BCUT2D eigenvalue weighted by atomic mass is 10.1. The van der Waals surface area contributed by atoms with Gasteiger partial charge in [0.25, 0.3) is 11.8 Å². The molecular weight excluding hydrogens is 598 g/mol. The van der Waals surface area contributed by atoms with Crippen molar-refractivity contribution in [2.75, 3.05) is 24.9 Å². The molecule has 8 nitrogen and oxygen atoms in total. The third-order valence-electron chi connectivity index (χ3n) is 7.29. The third-order valence-corrected chi connectivity index (χ3v) is 8.65. The van der Waals surface area contributed by atoms with Crippen LogP contribution in [0.2, 0.25) is 0 Å². The molecule has 1 atom stereocenters. The van der Waals surface area contributed by atoms with Crippen molar-refractivity contribution in [2.45, 2.75) is 43.8 Å². The van der Waals surface area contributed by atoms with Crippen LogP contribution in [-0.2, 0) is 16.0 Å². The van der Waals surface area contributed by atoms with Crippen molar-refractivity contribution in [1.82, 2.24) is 5.32 Å². The minimum atomic E-state index is -0.535. The fourth-order valence-electron chi connectivity index (χ4n) is 4.79. The van der Waals surface area contributed by atoms with E-state index in [1.54, 1.807) is 61.7 Å². The second kappa shape index (κ2) is 16.3. The van der Waals surface area contributed by atoms with Gasteiger partial charge in [-0.15, -0.1) is 11.8 Å². The Labute approximate surface area is 274 Å². The van der Waals surface area contributed by atoms with Crippen molar-refractivity contribution in [3.8, 4) is 11.5 Å². The van der Waals surface area contributed by atoms with Crippen molar-refractivity contribution in [2.24, 2.45) is 0 Å². The Balaban J connectivity index is 1.57. The number of amides is 3. The van der Waals surface area contributed by atoms with Gasteiger partial charge in [-0.3, -0.25) is 14.4 Å². The fourth-order valence-corrected chi connectivity index (χ4v) is 5.80. The maximum atomic E-state index is 13.7. The zero-order valence-electron chi connectivity index (χ0n) is 26.7. The number of ether oxygens (including phenoxy) is 2. The maximum absolute atomic E-state index is 13.7. The Hall–Kier alpha value is -5.02. The van der Waals surface area contributed by atoms with Crippen LogP contribution in [0.25, 0.3) is 6.08 Å². The van der Waals surface area contributed by atoms with Crippen LogP contribution in [0.1, 0.15) is 47.3 Å². The zero-order valence-corrected chi connectivity index (χ0v) is 27.5. The molecule has 0 aliphatic rings. The minimum Gasteiger partial charge on any atom is -0.497 e. The first-order valence-corrected chi connectivity index (χ1v) is 15.9. The highest BCUT2D eigenvalue weighted by molar-refractivity contribution is 8.00. The molecular formula is C37H39N3O5S. The zero-order chi connectivity index (χ0) is 33.1. The first-order chi connectivity index (χ1) is 22.3. The Morgan fingerprint density at radius 3 is 2.30 bits per heavy atom. The van der Waals surface area contributed by atoms with E-state index in [0.717, 1.165) is 28.1 Å². The van der Waals surface area contributed by atoms with Crippen molar-refractivity contribution in [3.63, 3.8) is 0 Å². The average molecular weight is 638 g/mol. The predicted octanol–water partition coefficient (Wildman–Crippen LogP) is 7.49.